The van der Waals surface area contributed by atoms with Crippen LogP contribution in [-0.4, -0.2) is 59.0 Å². The molecule has 1 aliphatic heterocycles. The second kappa shape index (κ2) is 8.45. The van der Waals surface area contributed by atoms with Crippen molar-refractivity contribution in [2.45, 2.75) is 31.7 Å². The predicted octanol–water partition coefficient (Wildman–Crippen LogP) is 2.99. The molecule has 1 amide bonds. The van der Waals surface area contributed by atoms with Crippen molar-refractivity contribution in [1.82, 2.24) is 19.4 Å². The zero-order valence-corrected chi connectivity index (χ0v) is 15.6. The lowest BCUT2D eigenvalue weighted by atomic mass is 9.96. The quantitative estimate of drug-likeness (QED) is 0.797. The first kappa shape index (κ1) is 18.6. The average Bonchev–Trinajstić information content (AvgIpc) is 3.09. The van der Waals surface area contributed by atoms with Gasteiger partial charge >= 0.3 is 0 Å². The molecular formula is C20H27FN4O. The second-order valence-electron chi connectivity index (χ2n) is 7.24. The van der Waals surface area contributed by atoms with E-state index < -0.39 is 0 Å². The highest BCUT2D eigenvalue weighted by atomic mass is 19.1. The van der Waals surface area contributed by atoms with Gasteiger partial charge in [0.1, 0.15) is 11.6 Å². The number of piperidine rings is 1. The van der Waals surface area contributed by atoms with E-state index in [-0.39, 0.29) is 17.6 Å². The number of nitrogens with zero attached hydrogens (tertiary/aromatic N) is 4. The number of carbonyl (C=O) groups is 1. The summed E-state index contributed by atoms with van der Waals surface area (Å²) in [5.41, 5.74) is 0.417. The van der Waals surface area contributed by atoms with E-state index in [9.17, 15) is 9.18 Å². The molecular weight excluding hydrogens is 331 g/mol. The van der Waals surface area contributed by atoms with Crippen molar-refractivity contribution in [3.63, 3.8) is 0 Å². The van der Waals surface area contributed by atoms with Gasteiger partial charge in [0.15, 0.2) is 0 Å². The maximum atomic E-state index is 13.4. The number of hydrogen-bond acceptors (Lipinski definition) is 3. The summed E-state index contributed by atoms with van der Waals surface area (Å²) < 4.78 is 15.6. The van der Waals surface area contributed by atoms with Gasteiger partial charge in [-0.2, -0.15) is 0 Å². The third-order valence-electron chi connectivity index (χ3n) is 4.90. The van der Waals surface area contributed by atoms with Crippen LogP contribution in [0.1, 0.15) is 41.4 Å². The molecule has 1 aromatic heterocycles. The Morgan fingerprint density at radius 2 is 2.23 bits per heavy atom. The zero-order chi connectivity index (χ0) is 18.5. The summed E-state index contributed by atoms with van der Waals surface area (Å²) in [7, 11) is 4.15. The molecule has 1 atom stereocenters. The van der Waals surface area contributed by atoms with Crippen molar-refractivity contribution in [3.8, 4) is 0 Å². The molecule has 3 rings (SSSR count). The molecule has 0 N–H and O–H groups in total. The molecule has 6 heteroatoms. The molecule has 0 saturated carbocycles. The molecule has 1 aromatic carbocycles. The van der Waals surface area contributed by atoms with Crippen LogP contribution in [0.15, 0.2) is 36.7 Å². The number of hydrogen-bond donors (Lipinski definition) is 0. The van der Waals surface area contributed by atoms with E-state index in [0.717, 1.165) is 38.2 Å². The van der Waals surface area contributed by atoms with Crippen molar-refractivity contribution in [1.29, 1.82) is 0 Å². The van der Waals surface area contributed by atoms with Gasteiger partial charge in [0.25, 0.3) is 5.91 Å². The Morgan fingerprint density at radius 3 is 3.00 bits per heavy atom. The molecule has 5 nitrogen and oxygen atoms in total. The molecule has 0 radical (unpaired) electrons. The van der Waals surface area contributed by atoms with Crippen molar-refractivity contribution < 1.29 is 9.18 Å². The van der Waals surface area contributed by atoms with Crippen molar-refractivity contribution in [2.24, 2.45) is 0 Å². The van der Waals surface area contributed by atoms with E-state index in [1.165, 1.54) is 12.1 Å². The topological polar surface area (TPSA) is 41.4 Å². The SMILES string of the molecule is CN(C)CCCn1ccnc1[C@@H]1CCCN(C(=O)c2cccc(F)c2)C1. The lowest BCUT2D eigenvalue weighted by molar-refractivity contribution is 0.0702. The van der Waals surface area contributed by atoms with E-state index in [0.29, 0.717) is 18.7 Å². The van der Waals surface area contributed by atoms with Gasteiger partial charge in [0, 0.05) is 43.5 Å². The summed E-state index contributed by atoms with van der Waals surface area (Å²) in [5.74, 6) is 0.817. The van der Waals surface area contributed by atoms with Gasteiger partial charge in [-0.25, -0.2) is 9.37 Å². The Morgan fingerprint density at radius 1 is 1.38 bits per heavy atom. The summed E-state index contributed by atoms with van der Waals surface area (Å²) in [6.45, 7) is 3.32. The normalized spacial score (nSPS) is 17.7. The predicted molar refractivity (Wildman–Crippen MR) is 99.7 cm³/mol. The average molecular weight is 358 g/mol. The number of aromatic nitrogens is 2. The third-order valence-corrected chi connectivity index (χ3v) is 4.90. The summed E-state index contributed by atoms with van der Waals surface area (Å²) in [5, 5.41) is 0. The summed E-state index contributed by atoms with van der Waals surface area (Å²) in [4.78, 5) is 21.3. The number of rotatable bonds is 6. The van der Waals surface area contributed by atoms with Crippen LogP contribution < -0.4 is 0 Å². The lowest BCUT2D eigenvalue weighted by Crippen LogP contribution is -2.39. The van der Waals surface area contributed by atoms with Gasteiger partial charge in [0.05, 0.1) is 0 Å². The fraction of sp³-hybridized carbons (Fsp3) is 0.500. The molecule has 2 aromatic rings. The first-order valence-electron chi connectivity index (χ1n) is 9.25. The van der Waals surface area contributed by atoms with E-state index in [4.69, 9.17) is 0 Å². The van der Waals surface area contributed by atoms with Crippen LogP contribution in [0.5, 0.6) is 0 Å². The molecule has 1 fully saturated rings. The summed E-state index contributed by atoms with van der Waals surface area (Å²) in [6.07, 6.45) is 6.90. The number of benzene rings is 1. The van der Waals surface area contributed by atoms with Crippen LogP contribution in [0, 0.1) is 5.82 Å². The van der Waals surface area contributed by atoms with Gasteiger partial charge in [-0.3, -0.25) is 4.79 Å². The van der Waals surface area contributed by atoms with Crippen LogP contribution in [0.4, 0.5) is 4.39 Å². The first-order valence-corrected chi connectivity index (χ1v) is 9.25. The van der Waals surface area contributed by atoms with Crippen molar-refractivity contribution in [3.05, 3.63) is 53.9 Å². The Labute approximate surface area is 154 Å². The number of carbonyl (C=O) groups excluding carboxylic acids is 1. The summed E-state index contributed by atoms with van der Waals surface area (Å²) in [6, 6.07) is 5.94. The Kier molecular flexibility index (Phi) is 6.04. The maximum absolute atomic E-state index is 13.4. The van der Waals surface area contributed by atoms with Gasteiger partial charge in [-0.1, -0.05) is 6.07 Å². The molecule has 0 aliphatic carbocycles. The highest BCUT2D eigenvalue weighted by Crippen LogP contribution is 2.27. The minimum absolute atomic E-state index is 0.0973. The van der Waals surface area contributed by atoms with E-state index in [1.54, 1.807) is 12.1 Å². The van der Waals surface area contributed by atoms with Crippen LogP contribution in [-0.2, 0) is 6.54 Å². The van der Waals surface area contributed by atoms with Crippen molar-refractivity contribution in [2.75, 3.05) is 33.7 Å². The second-order valence-corrected chi connectivity index (χ2v) is 7.24. The minimum Gasteiger partial charge on any atom is -0.338 e. The number of halogens is 1. The fourth-order valence-corrected chi connectivity index (χ4v) is 3.60. The third kappa shape index (κ3) is 4.49. The zero-order valence-electron chi connectivity index (χ0n) is 15.6. The largest absolute Gasteiger partial charge is 0.338 e. The molecule has 0 bridgehead atoms. The highest BCUT2D eigenvalue weighted by molar-refractivity contribution is 5.94. The van der Waals surface area contributed by atoms with Crippen LogP contribution in [0.25, 0.3) is 0 Å². The number of amides is 1. The Bertz CT molecular complexity index is 743. The molecule has 140 valence electrons. The van der Waals surface area contributed by atoms with Crippen molar-refractivity contribution >= 4 is 5.91 Å². The monoisotopic (exact) mass is 358 g/mol. The number of aryl methyl sites for hydroxylation is 1. The first-order chi connectivity index (χ1) is 12.5. The van der Waals surface area contributed by atoms with E-state index >= 15 is 0 Å². The molecule has 0 unspecified atom stereocenters. The smallest absolute Gasteiger partial charge is 0.253 e. The molecule has 0 spiro atoms. The van der Waals surface area contributed by atoms with E-state index in [1.807, 2.05) is 17.3 Å². The van der Waals surface area contributed by atoms with Crippen LogP contribution in [0.2, 0.25) is 0 Å². The molecule has 1 saturated heterocycles. The Balaban J connectivity index is 1.67. The van der Waals surface area contributed by atoms with E-state index in [2.05, 4.69) is 28.5 Å². The lowest BCUT2D eigenvalue weighted by Gasteiger charge is -2.33. The minimum atomic E-state index is -0.374. The van der Waals surface area contributed by atoms with Crippen LogP contribution in [0.3, 0.4) is 0 Å². The van der Waals surface area contributed by atoms with Crippen LogP contribution >= 0.6 is 0 Å². The van der Waals surface area contributed by atoms with Gasteiger partial charge in [-0.15, -0.1) is 0 Å². The Hall–Kier alpha value is -2.21. The molecule has 1 aliphatic rings. The number of imidazole rings is 1. The molecule has 2 heterocycles. The fourth-order valence-electron chi connectivity index (χ4n) is 3.60. The number of likely N-dealkylation sites (tertiary alicyclic amines) is 1. The van der Waals surface area contributed by atoms with Gasteiger partial charge < -0.3 is 14.4 Å². The summed E-state index contributed by atoms with van der Waals surface area (Å²) >= 11 is 0. The maximum Gasteiger partial charge on any atom is 0.253 e. The highest BCUT2D eigenvalue weighted by Gasteiger charge is 2.28. The van der Waals surface area contributed by atoms with Gasteiger partial charge in [0.2, 0.25) is 0 Å². The standard InChI is InChI=1S/C20H27FN4O/c1-23(2)10-5-12-24-13-9-22-19(24)17-7-4-11-25(15-17)20(26)16-6-3-8-18(21)14-16/h3,6,8-9,13-14,17H,4-5,7,10-12,15H2,1-2H3/t17-/m1/s1. The van der Waals surface area contributed by atoms with Gasteiger partial charge in [-0.05, 0) is 58.1 Å². The molecule has 26 heavy (non-hydrogen) atoms.